The summed E-state index contributed by atoms with van der Waals surface area (Å²) in [6.07, 6.45) is 0. The van der Waals surface area contributed by atoms with Gasteiger partial charge in [0.1, 0.15) is 0 Å². The second-order valence-corrected chi connectivity index (χ2v) is 8.00. The van der Waals surface area contributed by atoms with E-state index in [1.807, 2.05) is 47.8 Å². The third-order valence-corrected chi connectivity index (χ3v) is 5.77. The van der Waals surface area contributed by atoms with E-state index in [4.69, 9.17) is 10.5 Å². The van der Waals surface area contributed by atoms with Gasteiger partial charge in [-0.25, -0.2) is 9.78 Å². The molecule has 2 heterocycles. The molecule has 2 aromatic carbocycles. The molecule has 0 aliphatic carbocycles. The van der Waals surface area contributed by atoms with Crippen LogP contribution in [-0.4, -0.2) is 25.9 Å². The van der Waals surface area contributed by atoms with Gasteiger partial charge in [-0.05, 0) is 24.3 Å². The summed E-state index contributed by atoms with van der Waals surface area (Å²) in [5.74, 6) is 0.791. The average molecular weight is 451 g/mol. The van der Waals surface area contributed by atoms with Crippen molar-refractivity contribution in [2.75, 3.05) is 11.1 Å². The molecule has 0 amide bonds. The number of thioether (sulfide) groups is 1. The van der Waals surface area contributed by atoms with E-state index in [1.54, 1.807) is 29.0 Å². The van der Waals surface area contributed by atoms with E-state index in [0.717, 1.165) is 16.3 Å². The molecule has 0 fully saturated rings. The molecule has 10 heteroatoms. The van der Waals surface area contributed by atoms with Crippen LogP contribution < -0.4 is 11.1 Å². The van der Waals surface area contributed by atoms with Gasteiger partial charge in [-0.15, -0.1) is 23.1 Å². The van der Waals surface area contributed by atoms with Gasteiger partial charge in [0.25, 0.3) is 0 Å². The number of nitrogens with one attached hydrogen (secondary N) is 1. The van der Waals surface area contributed by atoms with Crippen molar-refractivity contribution < 1.29 is 9.53 Å². The summed E-state index contributed by atoms with van der Waals surface area (Å²) in [7, 11) is 0. The Hall–Kier alpha value is -3.50. The first-order valence-corrected chi connectivity index (χ1v) is 11.2. The van der Waals surface area contributed by atoms with Crippen LogP contribution in [0.1, 0.15) is 21.9 Å². The van der Waals surface area contributed by atoms with Crippen LogP contribution in [0, 0.1) is 0 Å². The predicted molar refractivity (Wildman–Crippen MR) is 121 cm³/mol. The van der Waals surface area contributed by atoms with E-state index in [1.165, 1.54) is 11.8 Å². The number of carbonyl (C=O) groups is 1. The van der Waals surface area contributed by atoms with E-state index in [-0.39, 0.29) is 24.3 Å². The number of benzene rings is 2. The number of hydrogen-bond acceptors (Lipinski definition) is 10. The number of nitrogen functional groups attached to an aromatic ring is 1. The Morgan fingerprint density at radius 1 is 1.06 bits per heavy atom. The smallest absolute Gasteiger partial charge is 0.339 e. The molecule has 31 heavy (non-hydrogen) atoms. The Bertz CT molecular complexity index is 1160. The molecule has 3 N–H and O–H groups in total. The summed E-state index contributed by atoms with van der Waals surface area (Å²) in [6.45, 7) is -0.125. The number of nitrogens with zero attached hydrogens (tertiary/aromatic N) is 4. The molecule has 0 saturated heterocycles. The van der Waals surface area contributed by atoms with Gasteiger partial charge < -0.3 is 15.8 Å². The highest BCUT2D eigenvalue weighted by Crippen LogP contribution is 2.27. The van der Waals surface area contributed by atoms with Gasteiger partial charge in [0.2, 0.25) is 11.9 Å². The van der Waals surface area contributed by atoms with E-state index in [9.17, 15) is 4.79 Å². The lowest BCUT2D eigenvalue weighted by molar-refractivity contribution is 0.0458. The Morgan fingerprint density at radius 2 is 1.87 bits per heavy atom. The van der Waals surface area contributed by atoms with Gasteiger partial charge in [-0.2, -0.15) is 15.0 Å². The Kier molecular flexibility index (Phi) is 6.70. The molecule has 8 nitrogen and oxygen atoms in total. The summed E-state index contributed by atoms with van der Waals surface area (Å²) in [5, 5.41) is 5.04. The van der Waals surface area contributed by atoms with Crippen LogP contribution in [0.15, 0.2) is 70.4 Å². The largest absolute Gasteiger partial charge is 0.454 e. The fraction of sp³-hybridized carbons (Fsp3) is 0.0952. The highest BCUT2D eigenvalue weighted by Gasteiger charge is 2.15. The van der Waals surface area contributed by atoms with Crippen LogP contribution in [0.2, 0.25) is 0 Å². The van der Waals surface area contributed by atoms with Crippen molar-refractivity contribution in [3.8, 4) is 0 Å². The van der Waals surface area contributed by atoms with Crippen molar-refractivity contribution in [1.29, 1.82) is 0 Å². The lowest BCUT2D eigenvalue weighted by atomic mass is 10.2. The second-order valence-electron chi connectivity index (χ2n) is 6.27. The first-order valence-electron chi connectivity index (χ1n) is 9.26. The van der Waals surface area contributed by atoms with Crippen molar-refractivity contribution in [3.63, 3.8) is 0 Å². The van der Waals surface area contributed by atoms with Crippen molar-refractivity contribution in [2.45, 2.75) is 17.3 Å². The number of ether oxygens (including phenoxy) is 1. The fourth-order valence-corrected chi connectivity index (χ4v) is 4.25. The highest BCUT2D eigenvalue weighted by molar-refractivity contribution is 7.98. The summed E-state index contributed by atoms with van der Waals surface area (Å²) < 4.78 is 5.45. The summed E-state index contributed by atoms with van der Waals surface area (Å²) in [4.78, 5) is 30.2. The quantitative estimate of drug-likeness (QED) is 0.299. The van der Waals surface area contributed by atoms with Crippen LogP contribution in [0.3, 0.4) is 0 Å². The van der Waals surface area contributed by atoms with E-state index >= 15 is 0 Å². The average Bonchev–Trinajstić information content (AvgIpc) is 3.30. The first-order chi connectivity index (χ1) is 15.2. The lowest BCUT2D eigenvalue weighted by Crippen LogP contribution is -2.11. The topological polar surface area (TPSA) is 116 Å². The molecular weight excluding hydrogens is 432 g/mol. The van der Waals surface area contributed by atoms with Crippen molar-refractivity contribution in [2.24, 2.45) is 0 Å². The Labute approximate surface area is 187 Å². The van der Waals surface area contributed by atoms with Crippen LogP contribution in [-0.2, 0) is 17.1 Å². The first kappa shape index (κ1) is 20.8. The summed E-state index contributed by atoms with van der Waals surface area (Å²) in [6, 6.07) is 16.7. The molecule has 156 valence electrons. The molecule has 0 bridgehead atoms. The highest BCUT2D eigenvalue weighted by atomic mass is 32.2. The van der Waals surface area contributed by atoms with Gasteiger partial charge in [-0.3, -0.25) is 0 Å². The minimum atomic E-state index is -0.460. The maximum atomic E-state index is 12.7. The molecule has 0 radical (unpaired) electrons. The number of esters is 1. The zero-order chi connectivity index (χ0) is 21.5. The lowest BCUT2D eigenvalue weighted by Gasteiger charge is -2.10. The zero-order valence-electron chi connectivity index (χ0n) is 16.3. The van der Waals surface area contributed by atoms with Gasteiger partial charge in [0.15, 0.2) is 12.4 Å². The molecule has 4 aromatic rings. The molecule has 0 spiro atoms. The van der Waals surface area contributed by atoms with Crippen LogP contribution in [0.4, 0.5) is 17.6 Å². The number of aromatic nitrogens is 4. The van der Waals surface area contributed by atoms with Gasteiger partial charge >= 0.3 is 5.97 Å². The van der Waals surface area contributed by atoms with Crippen molar-refractivity contribution in [3.05, 3.63) is 82.6 Å². The maximum absolute atomic E-state index is 12.7. The number of rotatable bonds is 8. The van der Waals surface area contributed by atoms with Gasteiger partial charge in [-0.1, -0.05) is 30.3 Å². The van der Waals surface area contributed by atoms with E-state index in [0.29, 0.717) is 11.3 Å². The standard InChI is InChI=1S/C21H18N6O2S2/c22-20-25-18(26-21(27-20)24-14-6-2-1-3-7-14)10-29-19(28)16-8-4-5-9-17(16)31-12-15-11-30-13-23-15/h1-9,11,13H,10,12H2,(H3,22,24,25,26,27). The second kappa shape index (κ2) is 10.0. The third-order valence-electron chi connectivity index (χ3n) is 4.03. The van der Waals surface area contributed by atoms with E-state index in [2.05, 4.69) is 25.3 Å². The van der Waals surface area contributed by atoms with Crippen molar-refractivity contribution >= 4 is 46.7 Å². The molecule has 0 aliphatic heterocycles. The van der Waals surface area contributed by atoms with Gasteiger partial charge in [0.05, 0.1) is 16.8 Å². The van der Waals surface area contributed by atoms with E-state index < -0.39 is 5.97 Å². The number of anilines is 3. The van der Waals surface area contributed by atoms with Crippen LogP contribution >= 0.6 is 23.1 Å². The monoisotopic (exact) mass is 450 g/mol. The SMILES string of the molecule is Nc1nc(COC(=O)c2ccccc2SCc2cscn2)nc(Nc2ccccc2)n1. The number of hydrogen-bond donors (Lipinski definition) is 2. The normalized spacial score (nSPS) is 10.6. The molecule has 0 unspecified atom stereocenters. The Balaban J connectivity index is 1.42. The number of carbonyl (C=O) groups excluding carboxylic acids is 1. The fourth-order valence-electron chi connectivity index (χ4n) is 2.64. The maximum Gasteiger partial charge on any atom is 0.339 e. The summed E-state index contributed by atoms with van der Waals surface area (Å²) in [5.41, 5.74) is 9.83. The molecule has 0 aliphatic rings. The molecule has 0 saturated carbocycles. The zero-order valence-corrected chi connectivity index (χ0v) is 17.9. The molecule has 0 atom stereocenters. The predicted octanol–water partition coefficient (Wildman–Crippen LogP) is 4.30. The van der Waals surface area contributed by atoms with Crippen molar-refractivity contribution in [1.82, 2.24) is 19.9 Å². The molecule has 2 aromatic heterocycles. The minimum absolute atomic E-state index is 0.0405. The molecular formula is C21H18N6O2S2. The minimum Gasteiger partial charge on any atom is -0.454 e. The van der Waals surface area contributed by atoms with Crippen LogP contribution in [0.25, 0.3) is 0 Å². The summed E-state index contributed by atoms with van der Waals surface area (Å²) >= 11 is 3.08. The number of para-hydroxylation sites is 1. The van der Waals surface area contributed by atoms with Crippen LogP contribution in [0.5, 0.6) is 0 Å². The Morgan fingerprint density at radius 3 is 2.68 bits per heavy atom. The number of nitrogens with two attached hydrogens (primary N) is 1. The van der Waals surface area contributed by atoms with Gasteiger partial charge in [0, 0.05) is 21.7 Å². The number of thiazole rings is 1. The molecule has 4 rings (SSSR count). The third kappa shape index (κ3) is 5.77.